The zero-order chi connectivity index (χ0) is 13.3. The highest BCUT2D eigenvalue weighted by Crippen LogP contribution is 2.22. The summed E-state index contributed by atoms with van der Waals surface area (Å²) in [6.45, 7) is 3.72. The first-order valence-electron chi connectivity index (χ1n) is 5.61. The van der Waals surface area contributed by atoms with E-state index in [0.717, 1.165) is 0 Å². The summed E-state index contributed by atoms with van der Waals surface area (Å²) in [7, 11) is 0. The quantitative estimate of drug-likeness (QED) is 0.874. The molecule has 0 saturated carbocycles. The number of carbonyl (C=O) groups excluding carboxylic acids is 1. The molecule has 2 rings (SSSR count). The molecule has 0 unspecified atom stereocenters. The first-order valence-corrected chi connectivity index (χ1v) is 5.99. The standard InChI is InChI=1S/C13H13ClN2O2/c1-7(2)15-13(18)9-6-11(17)16-12-8(9)4-3-5-10(12)14/h3-7H,1-2H3,(H,15,18)(H,16,17). The maximum atomic E-state index is 12.0. The third kappa shape index (κ3) is 2.38. The molecule has 0 aliphatic rings. The maximum absolute atomic E-state index is 12.0. The molecule has 2 aromatic rings. The summed E-state index contributed by atoms with van der Waals surface area (Å²) < 4.78 is 0. The molecule has 0 bridgehead atoms. The highest BCUT2D eigenvalue weighted by Gasteiger charge is 2.13. The summed E-state index contributed by atoms with van der Waals surface area (Å²) in [5.74, 6) is -0.275. The van der Waals surface area contributed by atoms with E-state index in [2.05, 4.69) is 10.3 Å². The second-order valence-electron chi connectivity index (χ2n) is 4.34. The van der Waals surface area contributed by atoms with Gasteiger partial charge in [0.15, 0.2) is 0 Å². The Kier molecular flexibility index (Phi) is 3.39. The van der Waals surface area contributed by atoms with Crippen molar-refractivity contribution in [2.24, 2.45) is 0 Å². The summed E-state index contributed by atoms with van der Waals surface area (Å²) in [4.78, 5) is 26.2. The highest BCUT2D eigenvalue weighted by molar-refractivity contribution is 6.35. The number of H-pyrrole nitrogens is 1. The average molecular weight is 265 g/mol. The van der Waals surface area contributed by atoms with E-state index in [0.29, 0.717) is 21.5 Å². The van der Waals surface area contributed by atoms with Gasteiger partial charge in [0.1, 0.15) is 0 Å². The second kappa shape index (κ2) is 4.82. The van der Waals surface area contributed by atoms with Gasteiger partial charge >= 0.3 is 0 Å². The van der Waals surface area contributed by atoms with E-state index in [1.807, 2.05) is 13.8 Å². The van der Waals surface area contributed by atoms with Gasteiger partial charge < -0.3 is 10.3 Å². The van der Waals surface area contributed by atoms with E-state index in [1.165, 1.54) is 6.07 Å². The average Bonchev–Trinajstić information content (AvgIpc) is 2.28. The Morgan fingerprint density at radius 3 is 2.78 bits per heavy atom. The monoisotopic (exact) mass is 264 g/mol. The minimum absolute atomic E-state index is 0.00558. The van der Waals surface area contributed by atoms with Gasteiger partial charge in [-0.25, -0.2) is 0 Å². The van der Waals surface area contributed by atoms with Crippen LogP contribution >= 0.6 is 11.6 Å². The van der Waals surface area contributed by atoms with Crippen molar-refractivity contribution in [3.8, 4) is 0 Å². The Bertz CT molecular complexity index is 662. The SMILES string of the molecule is CC(C)NC(=O)c1cc(=O)[nH]c2c(Cl)cccc12. The normalized spacial score (nSPS) is 10.9. The van der Waals surface area contributed by atoms with Crippen LogP contribution in [0.1, 0.15) is 24.2 Å². The molecule has 0 aliphatic heterocycles. The first kappa shape index (κ1) is 12.6. The molecular formula is C13H13ClN2O2. The third-order valence-electron chi connectivity index (χ3n) is 2.49. The molecule has 0 fully saturated rings. The molecule has 94 valence electrons. The molecule has 0 radical (unpaired) electrons. The van der Waals surface area contributed by atoms with E-state index in [4.69, 9.17) is 11.6 Å². The maximum Gasteiger partial charge on any atom is 0.252 e. The molecule has 0 aliphatic carbocycles. The molecule has 1 aromatic heterocycles. The number of aromatic nitrogens is 1. The smallest absolute Gasteiger partial charge is 0.252 e. The van der Waals surface area contributed by atoms with Gasteiger partial charge in [0.2, 0.25) is 5.56 Å². The molecule has 1 amide bonds. The van der Waals surface area contributed by atoms with E-state index >= 15 is 0 Å². The summed E-state index contributed by atoms with van der Waals surface area (Å²) in [6.07, 6.45) is 0. The number of nitrogens with one attached hydrogen (secondary N) is 2. The van der Waals surface area contributed by atoms with E-state index in [9.17, 15) is 9.59 Å². The molecular weight excluding hydrogens is 252 g/mol. The van der Waals surface area contributed by atoms with E-state index in [1.54, 1.807) is 18.2 Å². The van der Waals surface area contributed by atoms with Crippen LogP contribution in [0.15, 0.2) is 29.1 Å². The number of pyridine rings is 1. The Hall–Kier alpha value is -1.81. The van der Waals surface area contributed by atoms with Gasteiger partial charge in [-0.2, -0.15) is 0 Å². The van der Waals surface area contributed by atoms with Crippen molar-refractivity contribution in [2.45, 2.75) is 19.9 Å². The van der Waals surface area contributed by atoms with Crippen LogP contribution in [-0.2, 0) is 0 Å². The summed E-state index contributed by atoms with van der Waals surface area (Å²) >= 11 is 6.01. The van der Waals surface area contributed by atoms with Gasteiger partial charge in [-0.1, -0.05) is 23.7 Å². The van der Waals surface area contributed by atoms with Crippen LogP contribution in [0.4, 0.5) is 0 Å². The number of fused-ring (bicyclic) bond motifs is 1. The Morgan fingerprint density at radius 2 is 2.11 bits per heavy atom. The minimum atomic E-state index is -0.343. The number of halogens is 1. The van der Waals surface area contributed by atoms with Gasteiger partial charge in [-0.05, 0) is 19.9 Å². The lowest BCUT2D eigenvalue weighted by molar-refractivity contribution is 0.0944. The fourth-order valence-corrected chi connectivity index (χ4v) is 1.99. The van der Waals surface area contributed by atoms with Crippen molar-refractivity contribution in [2.75, 3.05) is 0 Å². The Labute approximate surface area is 109 Å². The topological polar surface area (TPSA) is 62.0 Å². The van der Waals surface area contributed by atoms with Gasteiger partial charge in [0.25, 0.3) is 5.91 Å². The number of amides is 1. The molecule has 2 N–H and O–H groups in total. The largest absolute Gasteiger partial charge is 0.350 e. The van der Waals surface area contributed by atoms with Crippen LogP contribution in [0.5, 0.6) is 0 Å². The lowest BCUT2D eigenvalue weighted by atomic mass is 10.1. The first-order chi connectivity index (χ1) is 8.49. The number of para-hydroxylation sites is 1. The van der Waals surface area contributed by atoms with Gasteiger partial charge in [0, 0.05) is 17.5 Å². The molecule has 0 atom stereocenters. The number of carbonyl (C=O) groups is 1. The van der Waals surface area contributed by atoms with Crippen LogP contribution in [0.25, 0.3) is 10.9 Å². The zero-order valence-corrected chi connectivity index (χ0v) is 10.8. The van der Waals surface area contributed by atoms with Crippen LogP contribution in [0.3, 0.4) is 0 Å². The van der Waals surface area contributed by atoms with Gasteiger partial charge in [-0.3, -0.25) is 9.59 Å². The summed E-state index contributed by atoms with van der Waals surface area (Å²) in [6, 6.07) is 6.47. The molecule has 0 saturated heterocycles. The zero-order valence-electron chi connectivity index (χ0n) is 10.1. The van der Waals surface area contributed by atoms with Crippen molar-refractivity contribution < 1.29 is 4.79 Å². The molecule has 1 heterocycles. The van der Waals surface area contributed by atoms with Crippen molar-refractivity contribution in [1.29, 1.82) is 0 Å². The minimum Gasteiger partial charge on any atom is -0.350 e. The van der Waals surface area contributed by atoms with Crippen molar-refractivity contribution >= 4 is 28.4 Å². The third-order valence-corrected chi connectivity index (χ3v) is 2.81. The molecule has 1 aromatic carbocycles. The lowest BCUT2D eigenvalue weighted by Crippen LogP contribution is -2.31. The molecule has 18 heavy (non-hydrogen) atoms. The van der Waals surface area contributed by atoms with Crippen LogP contribution < -0.4 is 10.9 Å². The number of benzene rings is 1. The number of hydrogen-bond acceptors (Lipinski definition) is 2. The summed E-state index contributed by atoms with van der Waals surface area (Å²) in [5.41, 5.74) is 0.482. The van der Waals surface area contributed by atoms with Crippen LogP contribution in [0.2, 0.25) is 5.02 Å². The van der Waals surface area contributed by atoms with E-state index < -0.39 is 0 Å². The predicted molar refractivity (Wildman–Crippen MR) is 72.2 cm³/mol. The Morgan fingerprint density at radius 1 is 1.39 bits per heavy atom. The Balaban J connectivity index is 2.67. The summed E-state index contributed by atoms with van der Waals surface area (Å²) in [5, 5.41) is 3.82. The van der Waals surface area contributed by atoms with Crippen LogP contribution in [0, 0.1) is 0 Å². The fraction of sp³-hybridized carbons (Fsp3) is 0.231. The van der Waals surface area contributed by atoms with Crippen molar-refractivity contribution in [3.05, 3.63) is 45.2 Å². The second-order valence-corrected chi connectivity index (χ2v) is 4.75. The molecule has 5 heteroatoms. The molecule has 0 spiro atoms. The number of aromatic amines is 1. The molecule has 4 nitrogen and oxygen atoms in total. The lowest BCUT2D eigenvalue weighted by Gasteiger charge is -2.10. The van der Waals surface area contributed by atoms with Crippen LogP contribution in [-0.4, -0.2) is 16.9 Å². The van der Waals surface area contributed by atoms with Crippen molar-refractivity contribution in [1.82, 2.24) is 10.3 Å². The fourth-order valence-electron chi connectivity index (χ4n) is 1.77. The van der Waals surface area contributed by atoms with Gasteiger partial charge in [-0.15, -0.1) is 0 Å². The van der Waals surface area contributed by atoms with E-state index in [-0.39, 0.29) is 17.5 Å². The van der Waals surface area contributed by atoms with Gasteiger partial charge in [0.05, 0.1) is 16.1 Å². The number of hydrogen-bond donors (Lipinski definition) is 2. The highest BCUT2D eigenvalue weighted by atomic mass is 35.5. The van der Waals surface area contributed by atoms with Crippen molar-refractivity contribution in [3.63, 3.8) is 0 Å². The number of rotatable bonds is 2. The predicted octanol–water partition coefficient (Wildman–Crippen LogP) is 2.32.